The number of ether oxygens (including phenoxy) is 1. The molecule has 3 heteroatoms. The molecule has 0 aliphatic carbocycles. The monoisotopic (exact) mass is 189 g/mol. The first-order valence-electron chi connectivity index (χ1n) is 4.74. The van der Waals surface area contributed by atoms with Crippen molar-refractivity contribution in [2.45, 2.75) is 12.5 Å². The van der Waals surface area contributed by atoms with Crippen molar-refractivity contribution in [3.05, 3.63) is 30.0 Å². The fraction of sp³-hybridized carbons (Fsp3) is 0.273. The van der Waals surface area contributed by atoms with Crippen LogP contribution >= 0.6 is 0 Å². The van der Waals surface area contributed by atoms with Gasteiger partial charge in [-0.2, -0.15) is 0 Å². The number of hydrogen-bond acceptors (Lipinski definition) is 2. The molecule has 1 atom stereocenters. The van der Waals surface area contributed by atoms with Gasteiger partial charge in [-0.1, -0.05) is 0 Å². The molecule has 2 aromatic rings. The summed E-state index contributed by atoms with van der Waals surface area (Å²) in [4.78, 5) is 3.15. The summed E-state index contributed by atoms with van der Waals surface area (Å²) in [5, 5.41) is 10.7. The fourth-order valence-electron chi connectivity index (χ4n) is 2.00. The summed E-state index contributed by atoms with van der Waals surface area (Å²) in [7, 11) is 0. The van der Waals surface area contributed by atoms with Crippen molar-refractivity contribution >= 4 is 10.9 Å². The van der Waals surface area contributed by atoms with Gasteiger partial charge in [-0.25, -0.2) is 0 Å². The van der Waals surface area contributed by atoms with Crippen LogP contribution in [-0.2, 0) is 6.42 Å². The van der Waals surface area contributed by atoms with E-state index in [1.807, 2.05) is 24.4 Å². The SMILES string of the molecule is OC1COc2ccc3[nH]ccc3c2C1. The van der Waals surface area contributed by atoms with Crippen LogP contribution in [-0.4, -0.2) is 22.8 Å². The van der Waals surface area contributed by atoms with Crippen LogP contribution < -0.4 is 4.74 Å². The van der Waals surface area contributed by atoms with Gasteiger partial charge in [0.25, 0.3) is 0 Å². The number of aromatic amines is 1. The Hall–Kier alpha value is -1.48. The maximum Gasteiger partial charge on any atom is 0.123 e. The molecule has 0 spiro atoms. The zero-order valence-electron chi connectivity index (χ0n) is 7.66. The first kappa shape index (κ1) is 7.88. The quantitative estimate of drug-likeness (QED) is 0.659. The molecule has 2 N–H and O–H groups in total. The zero-order valence-corrected chi connectivity index (χ0v) is 7.66. The van der Waals surface area contributed by atoms with E-state index < -0.39 is 0 Å². The summed E-state index contributed by atoms with van der Waals surface area (Å²) in [6, 6.07) is 5.99. The molecule has 2 heterocycles. The van der Waals surface area contributed by atoms with Crippen LogP contribution in [0.5, 0.6) is 5.75 Å². The van der Waals surface area contributed by atoms with Gasteiger partial charge in [-0.05, 0) is 18.2 Å². The van der Waals surface area contributed by atoms with E-state index >= 15 is 0 Å². The minimum absolute atomic E-state index is 0.372. The van der Waals surface area contributed by atoms with Gasteiger partial charge in [-0.3, -0.25) is 0 Å². The number of nitrogens with one attached hydrogen (secondary N) is 1. The summed E-state index contributed by atoms with van der Waals surface area (Å²) in [6.45, 7) is 0.406. The van der Waals surface area contributed by atoms with Crippen molar-refractivity contribution in [2.75, 3.05) is 6.61 Å². The molecule has 0 bridgehead atoms. The molecule has 1 aliphatic heterocycles. The second-order valence-corrected chi connectivity index (χ2v) is 3.65. The minimum Gasteiger partial charge on any atom is -0.491 e. The van der Waals surface area contributed by atoms with Crippen LogP contribution in [0.25, 0.3) is 10.9 Å². The molecule has 72 valence electrons. The van der Waals surface area contributed by atoms with Crippen LogP contribution in [0, 0.1) is 0 Å². The van der Waals surface area contributed by atoms with E-state index in [0.29, 0.717) is 13.0 Å². The Balaban J connectivity index is 2.26. The molecule has 1 aromatic heterocycles. The van der Waals surface area contributed by atoms with Crippen LogP contribution in [0.2, 0.25) is 0 Å². The van der Waals surface area contributed by atoms with Crippen LogP contribution in [0.4, 0.5) is 0 Å². The van der Waals surface area contributed by atoms with Gasteiger partial charge in [0.15, 0.2) is 0 Å². The number of aromatic nitrogens is 1. The molecule has 3 nitrogen and oxygen atoms in total. The highest BCUT2D eigenvalue weighted by molar-refractivity contribution is 5.85. The fourth-order valence-corrected chi connectivity index (χ4v) is 2.00. The predicted molar refractivity (Wildman–Crippen MR) is 53.5 cm³/mol. The third-order valence-corrected chi connectivity index (χ3v) is 2.67. The van der Waals surface area contributed by atoms with Crippen molar-refractivity contribution < 1.29 is 9.84 Å². The average molecular weight is 189 g/mol. The third kappa shape index (κ3) is 1.02. The lowest BCUT2D eigenvalue weighted by molar-refractivity contribution is 0.0928. The Kier molecular flexibility index (Phi) is 1.55. The normalized spacial score (nSPS) is 20.5. The zero-order chi connectivity index (χ0) is 9.54. The molecule has 14 heavy (non-hydrogen) atoms. The summed E-state index contributed by atoms with van der Waals surface area (Å²) in [6.07, 6.45) is 2.22. The second kappa shape index (κ2) is 2.75. The first-order chi connectivity index (χ1) is 6.84. The first-order valence-corrected chi connectivity index (χ1v) is 4.74. The standard InChI is InChI=1S/C11H11NO2/c13-7-5-9-8-3-4-12-10(8)1-2-11(9)14-6-7/h1-4,7,12-13H,5-6H2. The van der Waals surface area contributed by atoms with Gasteiger partial charge >= 0.3 is 0 Å². The Morgan fingerprint density at radius 3 is 3.21 bits per heavy atom. The number of benzene rings is 1. The smallest absolute Gasteiger partial charge is 0.123 e. The predicted octanol–water partition coefficient (Wildman–Crippen LogP) is 1.46. The molecule has 1 aliphatic rings. The van der Waals surface area contributed by atoms with E-state index in [4.69, 9.17) is 4.74 Å². The number of aliphatic hydroxyl groups excluding tert-OH is 1. The van der Waals surface area contributed by atoms with E-state index in [9.17, 15) is 5.11 Å². The van der Waals surface area contributed by atoms with Gasteiger partial charge in [0.2, 0.25) is 0 Å². The van der Waals surface area contributed by atoms with Crippen LogP contribution in [0.3, 0.4) is 0 Å². The van der Waals surface area contributed by atoms with E-state index in [1.165, 1.54) is 0 Å². The number of fused-ring (bicyclic) bond motifs is 3. The minimum atomic E-state index is -0.372. The summed E-state index contributed by atoms with van der Waals surface area (Å²) in [5.74, 6) is 0.905. The van der Waals surface area contributed by atoms with Gasteiger partial charge in [0, 0.05) is 29.1 Å². The van der Waals surface area contributed by atoms with Gasteiger partial charge in [0.05, 0.1) is 6.10 Å². The van der Waals surface area contributed by atoms with Gasteiger partial charge in [0.1, 0.15) is 12.4 Å². The van der Waals surface area contributed by atoms with Crippen molar-refractivity contribution in [3.8, 4) is 5.75 Å². The average Bonchev–Trinajstić information content (AvgIpc) is 2.65. The number of rotatable bonds is 0. The maximum atomic E-state index is 9.52. The lowest BCUT2D eigenvalue weighted by Crippen LogP contribution is -2.25. The molecule has 3 rings (SSSR count). The molecule has 0 amide bonds. The maximum absolute atomic E-state index is 9.52. The van der Waals surface area contributed by atoms with Gasteiger partial charge in [-0.15, -0.1) is 0 Å². The van der Waals surface area contributed by atoms with Crippen molar-refractivity contribution in [2.24, 2.45) is 0 Å². The number of hydrogen-bond donors (Lipinski definition) is 2. The Morgan fingerprint density at radius 2 is 2.29 bits per heavy atom. The third-order valence-electron chi connectivity index (χ3n) is 2.67. The Labute approximate surface area is 81.3 Å². The second-order valence-electron chi connectivity index (χ2n) is 3.65. The largest absolute Gasteiger partial charge is 0.491 e. The van der Waals surface area contributed by atoms with Crippen molar-refractivity contribution in [3.63, 3.8) is 0 Å². The van der Waals surface area contributed by atoms with Crippen LogP contribution in [0.15, 0.2) is 24.4 Å². The molecule has 1 unspecified atom stereocenters. The highest BCUT2D eigenvalue weighted by atomic mass is 16.5. The highest BCUT2D eigenvalue weighted by Gasteiger charge is 2.19. The van der Waals surface area contributed by atoms with E-state index in [0.717, 1.165) is 22.2 Å². The molecule has 0 saturated heterocycles. The Bertz CT molecular complexity index is 475. The Morgan fingerprint density at radius 1 is 1.36 bits per heavy atom. The highest BCUT2D eigenvalue weighted by Crippen LogP contribution is 2.31. The lowest BCUT2D eigenvalue weighted by Gasteiger charge is -2.22. The summed E-state index contributed by atoms with van der Waals surface area (Å²) >= 11 is 0. The van der Waals surface area contributed by atoms with Gasteiger partial charge < -0.3 is 14.8 Å². The molecule has 1 aromatic carbocycles. The molecular formula is C11H11NO2. The summed E-state index contributed by atoms with van der Waals surface area (Å²) in [5.41, 5.74) is 2.21. The lowest BCUT2D eigenvalue weighted by atomic mass is 10.0. The number of aliphatic hydroxyl groups is 1. The summed E-state index contributed by atoms with van der Waals surface area (Å²) < 4.78 is 5.45. The van der Waals surface area contributed by atoms with Crippen LogP contribution in [0.1, 0.15) is 5.56 Å². The van der Waals surface area contributed by atoms with Crippen molar-refractivity contribution in [1.29, 1.82) is 0 Å². The molecule has 0 fully saturated rings. The van der Waals surface area contributed by atoms with E-state index in [2.05, 4.69) is 4.98 Å². The van der Waals surface area contributed by atoms with E-state index in [-0.39, 0.29) is 6.10 Å². The molecule has 0 saturated carbocycles. The van der Waals surface area contributed by atoms with Crippen molar-refractivity contribution in [1.82, 2.24) is 4.98 Å². The molecular weight excluding hydrogens is 178 g/mol. The topological polar surface area (TPSA) is 45.2 Å². The molecule has 0 radical (unpaired) electrons. The number of H-pyrrole nitrogens is 1. The van der Waals surface area contributed by atoms with E-state index in [1.54, 1.807) is 0 Å².